The number of carboxylic acid groups (broad SMARTS) is 1. The lowest BCUT2D eigenvalue weighted by atomic mass is 10.1. The molecule has 0 aliphatic rings. The minimum atomic E-state index is -3.50. The van der Waals surface area contributed by atoms with Crippen LogP contribution in [0.4, 0.5) is 0 Å². The van der Waals surface area contributed by atoms with Gasteiger partial charge in [0.05, 0.1) is 13.2 Å². The van der Waals surface area contributed by atoms with E-state index in [0.717, 1.165) is 5.56 Å². The van der Waals surface area contributed by atoms with Crippen LogP contribution in [0.25, 0.3) is 0 Å². The van der Waals surface area contributed by atoms with E-state index in [-0.39, 0.29) is 24.4 Å². The maximum Gasteiger partial charge on any atom is 0.369 e. The Morgan fingerprint density at radius 1 is 1.26 bits per heavy atom. The average molecular weight is 359 g/mol. The number of thiocarbonyl (C=S) groups is 1. The highest BCUT2D eigenvalue weighted by molar-refractivity contribution is 7.97. The Labute approximate surface area is 141 Å². The third-order valence-electron chi connectivity index (χ3n) is 2.98. The monoisotopic (exact) mass is 359 g/mol. The Balaban J connectivity index is 2.69. The molecule has 0 radical (unpaired) electrons. The van der Waals surface area contributed by atoms with E-state index >= 15 is 0 Å². The molecule has 128 valence electrons. The smallest absolute Gasteiger partial charge is 0.369 e. The molecule has 0 spiro atoms. The van der Waals surface area contributed by atoms with Gasteiger partial charge in [-0.05, 0) is 25.8 Å². The molecule has 23 heavy (non-hydrogen) atoms. The quantitative estimate of drug-likeness (QED) is 0.464. The number of carboxylic acids is 1. The number of benzene rings is 1. The SMILES string of the molecule is CCOP(=O)(OCC)C(=S)CN[C@@H](Cc1ccccc1)C(=O)O. The molecule has 0 aliphatic carbocycles. The summed E-state index contributed by atoms with van der Waals surface area (Å²) in [6.45, 7) is 3.75. The summed E-state index contributed by atoms with van der Waals surface area (Å²) in [6, 6.07) is 8.41. The number of nitrogens with one attached hydrogen (secondary N) is 1. The fourth-order valence-electron chi connectivity index (χ4n) is 1.93. The lowest BCUT2D eigenvalue weighted by molar-refractivity contribution is -0.139. The predicted octanol–water partition coefficient (Wildman–Crippen LogP) is 2.87. The number of hydrogen-bond donors (Lipinski definition) is 2. The van der Waals surface area contributed by atoms with E-state index < -0.39 is 19.6 Å². The van der Waals surface area contributed by atoms with Crippen molar-refractivity contribution in [1.82, 2.24) is 5.32 Å². The fraction of sp³-hybridized carbons (Fsp3) is 0.467. The van der Waals surface area contributed by atoms with E-state index in [1.165, 1.54) is 0 Å². The van der Waals surface area contributed by atoms with E-state index in [2.05, 4.69) is 5.32 Å². The van der Waals surface area contributed by atoms with Gasteiger partial charge in [0.15, 0.2) is 0 Å². The maximum atomic E-state index is 12.5. The summed E-state index contributed by atoms with van der Waals surface area (Å²) in [5, 5.41) is 12.1. The zero-order valence-corrected chi connectivity index (χ0v) is 14.9. The van der Waals surface area contributed by atoms with Crippen LogP contribution in [0.5, 0.6) is 0 Å². The van der Waals surface area contributed by atoms with Crippen molar-refractivity contribution in [2.75, 3.05) is 19.8 Å². The van der Waals surface area contributed by atoms with E-state index in [1.54, 1.807) is 13.8 Å². The maximum absolute atomic E-state index is 12.5. The molecule has 1 aromatic carbocycles. The van der Waals surface area contributed by atoms with Gasteiger partial charge in [0.25, 0.3) is 0 Å². The topological polar surface area (TPSA) is 84.9 Å². The van der Waals surface area contributed by atoms with Crippen LogP contribution < -0.4 is 5.32 Å². The molecule has 0 aromatic heterocycles. The Bertz CT molecular complexity index is 556. The van der Waals surface area contributed by atoms with Crippen molar-refractivity contribution in [1.29, 1.82) is 0 Å². The Morgan fingerprint density at radius 3 is 2.30 bits per heavy atom. The molecule has 0 saturated heterocycles. The molecule has 0 amide bonds. The van der Waals surface area contributed by atoms with Gasteiger partial charge in [-0.25, -0.2) is 0 Å². The van der Waals surface area contributed by atoms with Gasteiger partial charge in [0, 0.05) is 6.54 Å². The summed E-state index contributed by atoms with van der Waals surface area (Å²) in [4.78, 5) is 11.4. The second-order valence-electron chi connectivity index (χ2n) is 4.69. The zero-order valence-electron chi connectivity index (χ0n) is 13.2. The van der Waals surface area contributed by atoms with Gasteiger partial charge >= 0.3 is 13.6 Å². The molecule has 8 heteroatoms. The second kappa shape index (κ2) is 9.90. The van der Waals surface area contributed by atoms with Crippen molar-refractivity contribution in [2.45, 2.75) is 26.3 Å². The van der Waals surface area contributed by atoms with Crippen LogP contribution >= 0.6 is 19.8 Å². The minimum absolute atomic E-state index is 0.0313. The Hall–Kier alpha value is -1.11. The molecule has 2 N–H and O–H groups in total. The standard InChI is InChI=1S/C15H22NO5PS/c1-3-20-22(19,21-4-2)14(23)11-16-13(15(17)18)10-12-8-6-5-7-9-12/h5-9,13,16H,3-4,10-11H2,1-2H3,(H,17,18)/t13-/m0/s1. The van der Waals surface area contributed by atoms with Crippen LogP contribution in [0.15, 0.2) is 30.3 Å². The largest absolute Gasteiger partial charge is 0.480 e. The fourth-order valence-corrected chi connectivity index (χ4v) is 3.65. The van der Waals surface area contributed by atoms with E-state index in [4.69, 9.17) is 21.3 Å². The molecule has 0 aliphatic heterocycles. The highest BCUT2D eigenvalue weighted by atomic mass is 32.1. The molecule has 1 atom stereocenters. The summed E-state index contributed by atoms with van der Waals surface area (Å²) in [7, 11) is -3.50. The van der Waals surface area contributed by atoms with Gasteiger partial charge in [-0.15, -0.1) is 0 Å². The first kappa shape index (κ1) is 19.9. The van der Waals surface area contributed by atoms with Gasteiger partial charge in [-0.2, -0.15) is 0 Å². The van der Waals surface area contributed by atoms with Gasteiger partial charge < -0.3 is 14.2 Å². The molecular weight excluding hydrogens is 337 g/mol. The number of rotatable bonds is 11. The summed E-state index contributed by atoms with van der Waals surface area (Å²) in [5.74, 6) is -1.00. The normalized spacial score (nSPS) is 12.8. The predicted molar refractivity (Wildman–Crippen MR) is 93.0 cm³/mol. The molecule has 0 heterocycles. The zero-order chi connectivity index (χ0) is 17.3. The second-order valence-corrected chi connectivity index (χ2v) is 7.53. The molecule has 0 saturated carbocycles. The van der Waals surface area contributed by atoms with Crippen molar-refractivity contribution in [3.05, 3.63) is 35.9 Å². The average Bonchev–Trinajstić information content (AvgIpc) is 2.52. The van der Waals surface area contributed by atoms with Gasteiger partial charge in [-0.3, -0.25) is 14.7 Å². The van der Waals surface area contributed by atoms with Gasteiger partial charge in [0.2, 0.25) is 0 Å². The molecule has 6 nitrogen and oxygen atoms in total. The highest BCUT2D eigenvalue weighted by Gasteiger charge is 2.30. The third kappa shape index (κ3) is 6.49. The minimum Gasteiger partial charge on any atom is -0.480 e. The molecule has 1 rings (SSSR count). The first-order valence-corrected chi connectivity index (χ1v) is 9.30. The number of hydrogen-bond acceptors (Lipinski definition) is 6. The Morgan fingerprint density at radius 2 is 1.83 bits per heavy atom. The molecule has 0 bridgehead atoms. The van der Waals surface area contributed by atoms with Gasteiger partial charge in [-0.1, -0.05) is 42.5 Å². The molecule has 1 aromatic rings. The summed E-state index contributed by atoms with van der Waals surface area (Å²) >= 11 is 5.12. The van der Waals surface area contributed by atoms with Crippen molar-refractivity contribution in [2.24, 2.45) is 0 Å². The third-order valence-corrected chi connectivity index (χ3v) is 5.76. The highest BCUT2D eigenvalue weighted by Crippen LogP contribution is 2.49. The van der Waals surface area contributed by atoms with Crippen molar-refractivity contribution in [3.8, 4) is 0 Å². The lowest BCUT2D eigenvalue weighted by Gasteiger charge is -2.20. The molecule has 0 fully saturated rings. The summed E-state index contributed by atoms with van der Waals surface area (Å²) in [6.07, 6.45) is 0.298. The van der Waals surface area contributed by atoms with Crippen LogP contribution in [0.1, 0.15) is 19.4 Å². The van der Waals surface area contributed by atoms with Crippen molar-refractivity contribution < 1.29 is 23.5 Å². The van der Waals surface area contributed by atoms with Crippen molar-refractivity contribution in [3.63, 3.8) is 0 Å². The van der Waals surface area contributed by atoms with Crippen LogP contribution in [-0.4, -0.2) is 41.5 Å². The number of aliphatic carboxylic acids is 1. The van der Waals surface area contributed by atoms with Gasteiger partial charge in [0.1, 0.15) is 10.6 Å². The van der Waals surface area contributed by atoms with Crippen LogP contribution in [-0.2, 0) is 24.8 Å². The van der Waals surface area contributed by atoms with Crippen LogP contribution in [0, 0.1) is 0 Å². The Kier molecular flexibility index (Phi) is 8.58. The first-order chi connectivity index (χ1) is 10.9. The van der Waals surface area contributed by atoms with Crippen molar-refractivity contribution >= 4 is 30.4 Å². The van der Waals surface area contributed by atoms with Crippen LogP contribution in [0.3, 0.4) is 0 Å². The first-order valence-electron chi connectivity index (χ1n) is 7.35. The number of carbonyl (C=O) groups is 1. The lowest BCUT2D eigenvalue weighted by Crippen LogP contribution is -2.41. The van der Waals surface area contributed by atoms with E-state index in [0.29, 0.717) is 6.42 Å². The molecule has 0 unspecified atom stereocenters. The van der Waals surface area contributed by atoms with Crippen LogP contribution in [0.2, 0.25) is 0 Å². The van der Waals surface area contributed by atoms with E-state index in [1.807, 2.05) is 30.3 Å². The summed E-state index contributed by atoms with van der Waals surface area (Å²) in [5.41, 5.74) is 0.885. The summed E-state index contributed by atoms with van der Waals surface area (Å²) < 4.78 is 22.8. The molecular formula is C15H22NO5PS. The van der Waals surface area contributed by atoms with E-state index in [9.17, 15) is 14.5 Å².